The van der Waals surface area contributed by atoms with Gasteiger partial charge in [-0.3, -0.25) is 20.1 Å². The first-order valence-electron chi connectivity index (χ1n) is 9.22. The molecule has 0 aliphatic heterocycles. The Morgan fingerprint density at radius 1 is 1.17 bits per heavy atom. The number of rotatable bonds is 6. The van der Waals surface area contributed by atoms with E-state index in [1.54, 1.807) is 31.2 Å². The molecule has 0 bridgehead atoms. The van der Waals surface area contributed by atoms with Crippen molar-refractivity contribution >= 4 is 28.8 Å². The Morgan fingerprint density at radius 2 is 1.83 bits per heavy atom. The smallest absolute Gasteiger partial charge is 0.281 e. The van der Waals surface area contributed by atoms with Gasteiger partial charge in [0.1, 0.15) is 11.5 Å². The molecule has 0 amide bonds. The van der Waals surface area contributed by atoms with Gasteiger partial charge in [0, 0.05) is 12.2 Å². The molecule has 0 unspecified atom stereocenters. The zero-order chi connectivity index (χ0) is 21.7. The number of hydrogen-bond donors (Lipinski definition) is 3. The van der Waals surface area contributed by atoms with Crippen molar-refractivity contribution in [2.75, 3.05) is 6.54 Å². The summed E-state index contributed by atoms with van der Waals surface area (Å²) in [5.74, 6) is -1.44. The van der Waals surface area contributed by atoms with Crippen LogP contribution in [0.2, 0.25) is 0 Å². The predicted molar refractivity (Wildman–Crippen MR) is 118 cm³/mol. The molecular weight excluding hydrogens is 405 g/mol. The van der Waals surface area contributed by atoms with Gasteiger partial charge >= 0.3 is 0 Å². The third-order valence-electron chi connectivity index (χ3n) is 4.26. The van der Waals surface area contributed by atoms with Crippen molar-refractivity contribution in [1.29, 1.82) is 0 Å². The highest BCUT2D eigenvalue weighted by Gasteiger charge is 2.26. The van der Waals surface area contributed by atoms with Gasteiger partial charge in [0.25, 0.3) is 5.56 Å². The van der Waals surface area contributed by atoms with Crippen LogP contribution in [-0.2, 0) is 0 Å². The second-order valence-electron chi connectivity index (χ2n) is 6.33. The predicted octanol–water partition coefficient (Wildman–Crippen LogP) is 2.68. The molecule has 0 radical (unpaired) electrons. The molecular formula is C21H20FN5O2S. The summed E-state index contributed by atoms with van der Waals surface area (Å²) in [6.45, 7) is 4.03. The molecule has 154 valence electrons. The zero-order valence-electron chi connectivity index (χ0n) is 16.4. The Labute approximate surface area is 177 Å². The van der Waals surface area contributed by atoms with E-state index in [1.165, 1.54) is 28.9 Å². The molecule has 0 saturated heterocycles. The van der Waals surface area contributed by atoms with E-state index in [9.17, 15) is 14.0 Å². The van der Waals surface area contributed by atoms with Gasteiger partial charge in [0.2, 0.25) is 5.78 Å². The van der Waals surface area contributed by atoms with Crippen LogP contribution >= 0.6 is 12.2 Å². The van der Waals surface area contributed by atoms with Gasteiger partial charge in [0.05, 0.1) is 16.8 Å². The zero-order valence-corrected chi connectivity index (χ0v) is 17.2. The van der Waals surface area contributed by atoms with Crippen LogP contribution < -0.4 is 16.3 Å². The summed E-state index contributed by atoms with van der Waals surface area (Å²) in [7, 11) is 0. The normalized spacial score (nSPS) is 11.2. The van der Waals surface area contributed by atoms with Crippen LogP contribution in [0.1, 0.15) is 28.5 Å². The molecule has 1 aromatic heterocycles. The minimum Gasteiger partial charge on any atom is -0.362 e. The largest absolute Gasteiger partial charge is 0.362 e. The van der Waals surface area contributed by atoms with Crippen molar-refractivity contribution in [2.45, 2.75) is 13.8 Å². The third kappa shape index (κ3) is 4.36. The number of Topliss-reactive ketones (excluding diaryl/α,β-unsaturated/α-hetero) is 1. The number of halogens is 1. The van der Waals surface area contributed by atoms with Gasteiger partial charge in [-0.05, 0) is 50.3 Å². The number of hydrazone groups is 1. The van der Waals surface area contributed by atoms with Crippen LogP contribution in [0.5, 0.6) is 0 Å². The molecule has 0 fully saturated rings. The second kappa shape index (κ2) is 9.27. The maximum absolute atomic E-state index is 14.3. The number of benzene rings is 2. The van der Waals surface area contributed by atoms with Gasteiger partial charge in [-0.15, -0.1) is 0 Å². The van der Waals surface area contributed by atoms with Crippen LogP contribution in [0.4, 0.5) is 4.39 Å². The van der Waals surface area contributed by atoms with Crippen molar-refractivity contribution < 1.29 is 9.18 Å². The molecule has 30 heavy (non-hydrogen) atoms. The van der Waals surface area contributed by atoms with Gasteiger partial charge in [-0.25, -0.2) is 9.07 Å². The van der Waals surface area contributed by atoms with Gasteiger partial charge in [-0.1, -0.05) is 30.3 Å². The van der Waals surface area contributed by atoms with Gasteiger partial charge in [-0.2, -0.15) is 5.10 Å². The molecule has 0 aliphatic rings. The minimum atomic E-state index is -0.737. The number of carbonyl (C=O) groups excluding carboxylic acids is 1. The van der Waals surface area contributed by atoms with Crippen molar-refractivity contribution in [3.63, 3.8) is 0 Å². The molecule has 3 rings (SSSR count). The Hall–Kier alpha value is -3.59. The van der Waals surface area contributed by atoms with E-state index >= 15 is 0 Å². The van der Waals surface area contributed by atoms with E-state index < -0.39 is 17.2 Å². The van der Waals surface area contributed by atoms with Crippen molar-refractivity contribution in [3.8, 4) is 5.69 Å². The molecule has 3 N–H and O–H groups in total. The second-order valence-corrected chi connectivity index (χ2v) is 6.74. The molecule has 7 nitrogen and oxygen atoms in total. The Kier molecular flexibility index (Phi) is 6.53. The lowest BCUT2D eigenvalue weighted by Crippen LogP contribution is -2.35. The highest BCUT2D eigenvalue weighted by atomic mass is 32.1. The average molecular weight is 425 g/mol. The lowest BCUT2D eigenvalue weighted by atomic mass is 10.0. The summed E-state index contributed by atoms with van der Waals surface area (Å²) in [6.07, 6.45) is 0. The first-order valence-corrected chi connectivity index (χ1v) is 9.63. The first-order chi connectivity index (χ1) is 14.4. The average Bonchev–Trinajstić information content (AvgIpc) is 3.04. The summed E-state index contributed by atoms with van der Waals surface area (Å²) < 4.78 is 15.6. The number of carbonyl (C=O) groups is 1. The number of H-pyrrole nitrogens is 1. The van der Waals surface area contributed by atoms with E-state index in [2.05, 4.69) is 20.9 Å². The number of nitrogens with zero attached hydrogens (tertiary/aromatic N) is 2. The number of hydrogen-bond acceptors (Lipinski definition) is 4. The van der Waals surface area contributed by atoms with E-state index in [0.29, 0.717) is 17.9 Å². The van der Waals surface area contributed by atoms with Crippen LogP contribution in [0.15, 0.2) is 64.5 Å². The molecule has 0 atom stereocenters. The maximum Gasteiger partial charge on any atom is 0.281 e. The lowest BCUT2D eigenvalue weighted by Gasteiger charge is -2.08. The fourth-order valence-corrected chi connectivity index (χ4v) is 3.07. The van der Waals surface area contributed by atoms with E-state index in [1.807, 2.05) is 13.0 Å². The van der Waals surface area contributed by atoms with Crippen LogP contribution in [0.25, 0.3) is 5.69 Å². The summed E-state index contributed by atoms with van der Waals surface area (Å²) >= 11 is 5.09. The fraction of sp³-hybridized carbons (Fsp3) is 0.143. The molecule has 3 aromatic rings. The van der Waals surface area contributed by atoms with Crippen molar-refractivity contribution in [3.05, 3.63) is 87.6 Å². The highest BCUT2D eigenvalue weighted by molar-refractivity contribution is 7.80. The minimum absolute atomic E-state index is 0.0268. The summed E-state index contributed by atoms with van der Waals surface area (Å²) in [4.78, 5) is 26.3. The number of para-hydroxylation sites is 1. The number of aryl methyl sites for hydroxylation is 1. The molecule has 0 saturated carbocycles. The van der Waals surface area contributed by atoms with E-state index in [-0.39, 0.29) is 22.0 Å². The molecule has 1 heterocycles. The van der Waals surface area contributed by atoms with Crippen LogP contribution in [0.3, 0.4) is 0 Å². The third-order valence-corrected chi connectivity index (χ3v) is 4.50. The van der Waals surface area contributed by atoms with E-state index in [4.69, 9.17) is 12.2 Å². The van der Waals surface area contributed by atoms with E-state index in [0.717, 1.165) is 0 Å². The maximum atomic E-state index is 14.3. The summed E-state index contributed by atoms with van der Waals surface area (Å²) in [5.41, 5.74) is 2.65. The monoisotopic (exact) mass is 425 g/mol. The topological polar surface area (TPSA) is 91.3 Å². The lowest BCUT2D eigenvalue weighted by molar-refractivity contribution is 0.106. The summed E-state index contributed by atoms with van der Waals surface area (Å²) in [6, 6.07) is 14.4. The highest BCUT2D eigenvalue weighted by Crippen LogP contribution is 2.14. The first kappa shape index (κ1) is 21.1. The number of ketones is 1. The number of aromatic nitrogens is 2. The molecule has 0 aliphatic carbocycles. The molecule has 0 spiro atoms. The Bertz CT molecular complexity index is 1170. The number of aromatic amines is 1. The quantitative estimate of drug-likeness (QED) is 0.245. The SMILES string of the molecule is CCNC(=S)N/N=C(/C(=O)c1ccccc1F)c1c(C)[nH]n(-c2ccccc2)c1=O. The van der Waals surface area contributed by atoms with Crippen molar-refractivity contribution in [1.82, 2.24) is 20.5 Å². The summed E-state index contributed by atoms with van der Waals surface area (Å²) in [5, 5.41) is 10.0. The number of nitrogens with one attached hydrogen (secondary N) is 3. The Balaban J connectivity index is 2.14. The standard InChI is InChI=1S/C21H20FN5O2S/c1-3-23-21(30)25-24-18(19(28)15-11-7-8-12-16(15)22)17-13(2)26-27(20(17)29)14-9-5-4-6-10-14/h4-12,26H,3H2,1-2H3,(H2,23,25,30)/b24-18+. The van der Waals surface area contributed by atoms with Gasteiger partial charge < -0.3 is 5.32 Å². The Morgan fingerprint density at radius 3 is 2.50 bits per heavy atom. The van der Waals surface area contributed by atoms with Crippen LogP contribution in [-0.4, -0.2) is 32.9 Å². The molecule has 9 heteroatoms. The fourth-order valence-electron chi connectivity index (χ4n) is 2.88. The molecule has 2 aromatic carbocycles. The van der Waals surface area contributed by atoms with Crippen LogP contribution in [0, 0.1) is 12.7 Å². The van der Waals surface area contributed by atoms with Gasteiger partial charge in [0.15, 0.2) is 5.11 Å². The number of thiocarbonyl (C=S) groups is 1. The van der Waals surface area contributed by atoms with Crippen molar-refractivity contribution in [2.24, 2.45) is 5.10 Å².